The van der Waals surface area contributed by atoms with Crippen LogP contribution in [0.1, 0.15) is 278 Å². The van der Waals surface area contributed by atoms with E-state index in [0.29, 0.717) is 19.3 Å². The maximum Gasteiger partial charge on any atom is 0.472 e. The first-order valence-electron chi connectivity index (χ1n) is 30.2. The Bertz CT molecular complexity index is 1470. The van der Waals surface area contributed by atoms with Crippen LogP contribution in [-0.4, -0.2) is 66.5 Å². The van der Waals surface area contributed by atoms with Crippen molar-refractivity contribution >= 4 is 25.7 Å². The van der Waals surface area contributed by atoms with Crippen molar-refractivity contribution in [3.05, 3.63) is 60.8 Å². The molecule has 11 nitrogen and oxygen atoms in total. The van der Waals surface area contributed by atoms with Crippen LogP contribution >= 0.6 is 7.82 Å². The number of rotatable bonds is 56. The highest BCUT2D eigenvalue weighted by molar-refractivity contribution is 7.47. The van der Waals surface area contributed by atoms with E-state index >= 15 is 0 Å². The number of allylic oxidation sites excluding steroid dienone is 10. The molecule has 0 aliphatic rings. The van der Waals surface area contributed by atoms with Crippen LogP contribution in [0.25, 0.3) is 0 Å². The lowest BCUT2D eigenvalue weighted by Gasteiger charge is -2.21. The first-order chi connectivity index (χ1) is 36.2. The summed E-state index contributed by atoms with van der Waals surface area (Å²) in [6.45, 7) is 4.47. The Balaban J connectivity index is 4.69. The lowest BCUT2D eigenvalue weighted by molar-refractivity contribution is -0.161. The van der Waals surface area contributed by atoms with Crippen molar-refractivity contribution < 1.29 is 52.2 Å². The number of aliphatic hydroxyl groups excluding tert-OH is 1. The molecule has 12 heteroatoms. The molecule has 430 valence electrons. The highest BCUT2D eigenvalue weighted by atomic mass is 31.2. The van der Waals surface area contributed by atoms with Crippen LogP contribution < -0.4 is 0 Å². The van der Waals surface area contributed by atoms with Gasteiger partial charge in [-0.2, -0.15) is 0 Å². The average Bonchev–Trinajstić information content (AvgIpc) is 3.39. The van der Waals surface area contributed by atoms with Crippen molar-refractivity contribution in [2.75, 3.05) is 26.4 Å². The Kier molecular flexibility index (Phi) is 54.2. The predicted molar refractivity (Wildman–Crippen MR) is 307 cm³/mol. The molecule has 0 aromatic carbocycles. The number of hydrogen-bond donors (Lipinski definition) is 2. The van der Waals surface area contributed by atoms with Gasteiger partial charge in [0.2, 0.25) is 0 Å². The first kappa shape index (κ1) is 71.2. The van der Waals surface area contributed by atoms with Crippen LogP contribution in [0, 0.1) is 0 Å². The predicted octanol–water partition coefficient (Wildman–Crippen LogP) is 17.9. The Morgan fingerprint density at radius 2 is 0.730 bits per heavy atom. The second kappa shape index (κ2) is 56.4. The van der Waals surface area contributed by atoms with Crippen molar-refractivity contribution in [1.82, 2.24) is 0 Å². The van der Waals surface area contributed by atoms with Crippen molar-refractivity contribution in [1.29, 1.82) is 0 Å². The SMILES string of the molecule is CC/C=C\C/C=C\C/C=C\CCCCCCCC(=O)OC(CO)COP(=O)(O)OCC(COC(=O)CCCCCCC/C=C\C/C=C\CCC)OC(=O)CCCCCCCCCCCCCCCCCCCCC. The fraction of sp³-hybridized carbons (Fsp3) is 0.790. The maximum atomic E-state index is 12.9. The van der Waals surface area contributed by atoms with Crippen LogP contribution in [0.2, 0.25) is 0 Å². The molecular weight excluding hydrogens is 952 g/mol. The normalized spacial score (nSPS) is 13.7. The van der Waals surface area contributed by atoms with Gasteiger partial charge >= 0.3 is 25.7 Å². The molecule has 0 radical (unpaired) electrons. The summed E-state index contributed by atoms with van der Waals surface area (Å²) >= 11 is 0. The van der Waals surface area contributed by atoms with Crippen LogP contribution in [0.4, 0.5) is 0 Å². The van der Waals surface area contributed by atoms with E-state index in [0.717, 1.165) is 116 Å². The summed E-state index contributed by atoms with van der Waals surface area (Å²) < 4.78 is 39.6. The largest absolute Gasteiger partial charge is 0.472 e. The van der Waals surface area contributed by atoms with Gasteiger partial charge < -0.3 is 24.2 Å². The molecular formula is C62H111O11P. The zero-order valence-electron chi connectivity index (χ0n) is 47.6. The van der Waals surface area contributed by atoms with Crippen molar-refractivity contribution in [3.8, 4) is 0 Å². The van der Waals surface area contributed by atoms with Crippen LogP contribution in [-0.2, 0) is 42.2 Å². The fourth-order valence-electron chi connectivity index (χ4n) is 8.35. The van der Waals surface area contributed by atoms with E-state index in [4.69, 9.17) is 23.3 Å². The highest BCUT2D eigenvalue weighted by Gasteiger charge is 2.28. The van der Waals surface area contributed by atoms with Gasteiger partial charge in [-0.15, -0.1) is 0 Å². The topological polar surface area (TPSA) is 155 Å². The van der Waals surface area contributed by atoms with Gasteiger partial charge in [-0.25, -0.2) is 4.57 Å². The summed E-state index contributed by atoms with van der Waals surface area (Å²) in [4.78, 5) is 48.6. The molecule has 0 bridgehead atoms. The molecule has 0 rings (SSSR count). The number of carbonyl (C=O) groups is 3. The standard InChI is InChI=1S/C62H111O11P/c1-4-7-10-13-16-19-22-25-27-28-29-30-32-35-38-41-44-47-50-53-62(66)73-59(55-69-60(64)51-48-45-42-39-36-33-24-21-18-15-12-9-6-3)57-71-74(67,68)70-56-58(54-63)72-61(65)52-49-46-43-40-37-34-31-26-23-20-17-14-11-8-5-2/h8,11-12,15,17,20-21,24,26,31,58-59,63H,4-7,9-10,13-14,16,18-19,22-23,25,27-30,32-57H2,1-3H3,(H,67,68)/b11-8-,15-12-,20-17-,24-21-,31-26-. The number of aliphatic hydroxyl groups is 1. The molecule has 0 aromatic rings. The minimum atomic E-state index is -4.75. The maximum absolute atomic E-state index is 12.9. The molecule has 0 fully saturated rings. The van der Waals surface area contributed by atoms with Crippen molar-refractivity contribution in [2.24, 2.45) is 0 Å². The molecule has 0 heterocycles. The van der Waals surface area contributed by atoms with E-state index in [2.05, 4.69) is 81.5 Å². The summed E-state index contributed by atoms with van der Waals surface area (Å²) in [6.07, 6.45) is 61.8. The minimum absolute atomic E-state index is 0.157. The van der Waals surface area contributed by atoms with E-state index in [-0.39, 0.29) is 25.9 Å². The van der Waals surface area contributed by atoms with Gasteiger partial charge in [-0.1, -0.05) is 242 Å². The molecule has 0 aromatic heterocycles. The molecule has 0 spiro atoms. The molecule has 3 atom stereocenters. The van der Waals surface area contributed by atoms with Gasteiger partial charge in [0.15, 0.2) is 6.10 Å². The van der Waals surface area contributed by atoms with E-state index in [1.54, 1.807) is 0 Å². The second-order valence-corrected chi connectivity index (χ2v) is 21.6. The number of ether oxygens (including phenoxy) is 3. The number of hydrogen-bond acceptors (Lipinski definition) is 10. The monoisotopic (exact) mass is 1060 g/mol. The Labute approximate surface area is 453 Å². The van der Waals surface area contributed by atoms with E-state index in [9.17, 15) is 28.9 Å². The Morgan fingerprint density at radius 1 is 0.392 bits per heavy atom. The minimum Gasteiger partial charge on any atom is -0.462 e. The molecule has 0 saturated carbocycles. The van der Waals surface area contributed by atoms with Crippen LogP contribution in [0.3, 0.4) is 0 Å². The molecule has 0 amide bonds. The third-order valence-electron chi connectivity index (χ3n) is 12.9. The fourth-order valence-corrected chi connectivity index (χ4v) is 9.14. The number of phosphoric acid groups is 1. The number of phosphoric ester groups is 1. The van der Waals surface area contributed by atoms with Crippen molar-refractivity contribution in [3.63, 3.8) is 0 Å². The second-order valence-electron chi connectivity index (χ2n) is 20.1. The summed E-state index contributed by atoms with van der Waals surface area (Å²) in [7, 11) is -4.75. The Morgan fingerprint density at radius 3 is 1.14 bits per heavy atom. The van der Waals surface area contributed by atoms with Gasteiger partial charge in [-0.3, -0.25) is 23.4 Å². The van der Waals surface area contributed by atoms with Gasteiger partial charge in [0.05, 0.1) is 19.8 Å². The molecule has 0 aliphatic heterocycles. The lowest BCUT2D eigenvalue weighted by atomic mass is 10.0. The molecule has 2 N–H and O–H groups in total. The third-order valence-corrected chi connectivity index (χ3v) is 13.9. The number of unbranched alkanes of at least 4 members (excludes halogenated alkanes) is 29. The smallest absolute Gasteiger partial charge is 0.462 e. The van der Waals surface area contributed by atoms with E-state index in [1.165, 1.54) is 103 Å². The van der Waals surface area contributed by atoms with E-state index < -0.39 is 57.8 Å². The van der Waals surface area contributed by atoms with Crippen molar-refractivity contribution in [2.45, 2.75) is 290 Å². The molecule has 74 heavy (non-hydrogen) atoms. The number of esters is 3. The zero-order chi connectivity index (χ0) is 54.1. The van der Waals surface area contributed by atoms with Gasteiger partial charge in [0.1, 0.15) is 12.7 Å². The molecule has 0 saturated heterocycles. The summed E-state index contributed by atoms with van der Waals surface area (Å²) in [5, 5.41) is 9.82. The van der Waals surface area contributed by atoms with E-state index in [1.807, 2.05) is 0 Å². The van der Waals surface area contributed by atoms with Crippen LogP contribution in [0.5, 0.6) is 0 Å². The highest BCUT2D eigenvalue weighted by Crippen LogP contribution is 2.43. The first-order valence-corrected chi connectivity index (χ1v) is 31.7. The van der Waals surface area contributed by atoms with Crippen LogP contribution in [0.15, 0.2) is 60.8 Å². The lowest BCUT2D eigenvalue weighted by Crippen LogP contribution is -2.30. The molecule has 0 aliphatic carbocycles. The Hall–Kier alpha value is -2.82. The molecule has 3 unspecified atom stereocenters. The van der Waals surface area contributed by atoms with Gasteiger partial charge in [0, 0.05) is 19.3 Å². The quantitative estimate of drug-likeness (QED) is 0.0197. The number of carbonyl (C=O) groups excluding carboxylic acids is 3. The summed E-state index contributed by atoms with van der Waals surface area (Å²) in [5.41, 5.74) is 0. The summed E-state index contributed by atoms with van der Waals surface area (Å²) in [5.74, 6) is -1.48. The third kappa shape index (κ3) is 54.0. The average molecular weight is 1060 g/mol. The van der Waals surface area contributed by atoms with Gasteiger partial charge in [0.25, 0.3) is 0 Å². The summed E-state index contributed by atoms with van der Waals surface area (Å²) in [6, 6.07) is 0. The zero-order valence-corrected chi connectivity index (χ0v) is 48.5. The van der Waals surface area contributed by atoms with Gasteiger partial charge in [-0.05, 0) is 77.0 Å².